The van der Waals surface area contributed by atoms with Gasteiger partial charge in [0.05, 0.1) is 6.61 Å². The number of hydrogen-bond donors (Lipinski definition) is 1. The molecule has 0 bridgehead atoms. The molecule has 0 spiro atoms. The Labute approximate surface area is 125 Å². The second kappa shape index (κ2) is 9.80. The topological polar surface area (TPSA) is 79.6 Å². The lowest BCUT2D eigenvalue weighted by Crippen LogP contribution is -2.71. The lowest BCUT2D eigenvalue weighted by Gasteiger charge is -2.21. The second-order valence-electron chi connectivity index (χ2n) is 4.91. The number of benzene rings is 1. The summed E-state index contributed by atoms with van der Waals surface area (Å²) in [6.45, 7) is 1.68. The smallest absolute Gasteiger partial charge is 0.484 e. The molecule has 1 aromatic carbocycles. The van der Waals surface area contributed by atoms with Crippen molar-refractivity contribution in [2.45, 2.75) is 44.9 Å². The van der Waals surface area contributed by atoms with Gasteiger partial charge in [-0.05, 0) is 31.2 Å². The molecule has 1 fully saturated rings. The number of nitrogens with zero attached hydrogens (tertiary/aromatic N) is 1. The van der Waals surface area contributed by atoms with Crippen LogP contribution in [0.4, 0.5) is 0 Å². The van der Waals surface area contributed by atoms with Gasteiger partial charge < -0.3 is 10.3 Å². The van der Waals surface area contributed by atoms with Crippen molar-refractivity contribution in [3.8, 4) is 0 Å². The highest BCUT2D eigenvalue weighted by molar-refractivity contribution is 6.27. The first kappa shape index (κ1) is 17.0. The molecule has 1 aliphatic carbocycles. The van der Waals surface area contributed by atoms with E-state index in [0.717, 1.165) is 11.0 Å². The average Bonchev–Trinajstić information content (AvgIpc) is 2.56. The van der Waals surface area contributed by atoms with E-state index in [9.17, 15) is 9.59 Å². The van der Waals surface area contributed by atoms with Gasteiger partial charge >= 0.3 is 11.9 Å². The Bertz CT molecular complexity index is 454. The molecule has 0 saturated heterocycles. The Morgan fingerprint density at radius 2 is 1.81 bits per heavy atom. The maximum atomic E-state index is 10.2. The van der Waals surface area contributed by atoms with Crippen molar-refractivity contribution in [1.29, 1.82) is 0 Å². The quantitative estimate of drug-likeness (QED) is 0.513. The minimum absolute atomic E-state index is 0.117. The molecule has 114 valence electrons. The lowest BCUT2D eigenvalue weighted by atomic mass is 9.84. The number of carbonyl (C=O) groups excluding carboxylic acids is 2. The molecule has 5 nitrogen and oxygen atoms in total. The van der Waals surface area contributed by atoms with Crippen molar-refractivity contribution >= 4 is 11.9 Å². The van der Waals surface area contributed by atoms with E-state index in [4.69, 9.17) is 5.53 Å². The fourth-order valence-corrected chi connectivity index (χ4v) is 2.40. The monoisotopic (exact) mass is 290 g/mol. The fourth-order valence-electron chi connectivity index (χ4n) is 2.40. The van der Waals surface area contributed by atoms with Crippen LogP contribution < -0.4 is 5.11 Å². The average molecular weight is 290 g/mol. The van der Waals surface area contributed by atoms with E-state index in [1.54, 1.807) is 12.5 Å². The fraction of sp³-hybridized carbons (Fsp3) is 0.500. The van der Waals surface area contributed by atoms with E-state index in [2.05, 4.69) is 35.1 Å². The van der Waals surface area contributed by atoms with Crippen molar-refractivity contribution < 1.29 is 19.4 Å². The molecule has 0 radical (unpaired) electrons. The molecule has 0 aromatic heterocycles. The third-order valence-corrected chi connectivity index (χ3v) is 3.44. The maximum Gasteiger partial charge on any atom is 0.484 e. The lowest BCUT2D eigenvalue weighted by molar-refractivity contribution is -0.394. The van der Waals surface area contributed by atoms with Gasteiger partial charge in [-0.25, -0.2) is 9.59 Å². The van der Waals surface area contributed by atoms with Crippen LogP contribution in [0, 0.1) is 0 Å². The first-order valence-electron chi connectivity index (χ1n) is 7.35. The van der Waals surface area contributed by atoms with Crippen molar-refractivity contribution in [3.63, 3.8) is 0 Å². The number of hydrogen-bond acceptors (Lipinski definition) is 3. The van der Waals surface area contributed by atoms with E-state index in [1.165, 1.54) is 32.1 Å². The third-order valence-electron chi connectivity index (χ3n) is 3.44. The summed E-state index contributed by atoms with van der Waals surface area (Å²) >= 11 is 0. The van der Waals surface area contributed by atoms with Gasteiger partial charge in [0.2, 0.25) is 0 Å². The Morgan fingerprint density at radius 3 is 2.33 bits per heavy atom. The molecule has 21 heavy (non-hydrogen) atoms. The van der Waals surface area contributed by atoms with Gasteiger partial charge in [-0.1, -0.05) is 49.6 Å². The van der Waals surface area contributed by atoms with E-state index < -0.39 is 11.9 Å². The van der Waals surface area contributed by atoms with Crippen LogP contribution in [0.1, 0.15) is 50.5 Å². The summed E-state index contributed by atoms with van der Waals surface area (Å²) in [6.07, 6.45) is 7.12. The standard InChI is InChI=1S/C12H16.C4H6N2O3/c1-3-7-11(8-4-1)12-9-5-2-6-10-12;1-2-9-4(8)3(7)6-5/h1,3-4,7-8,12H,2,5-6,9-10H2;6H,2H2,1H3. The van der Waals surface area contributed by atoms with Gasteiger partial charge in [-0.3, -0.25) is 5.11 Å². The molecule has 1 aromatic rings. The van der Waals surface area contributed by atoms with Crippen LogP contribution in [0.2, 0.25) is 0 Å². The number of carbonyl (C=O) groups is 2. The highest BCUT2D eigenvalue weighted by Crippen LogP contribution is 2.31. The van der Waals surface area contributed by atoms with Crippen LogP contribution in [0.15, 0.2) is 30.3 Å². The number of amides is 1. The van der Waals surface area contributed by atoms with Crippen molar-refractivity contribution in [1.82, 2.24) is 0 Å². The summed E-state index contributed by atoms with van der Waals surface area (Å²) < 4.78 is 4.18. The Morgan fingerprint density at radius 1 is 1.19 bits per heavy atom. The normalized spacial score (nSPS) is 14.5. The summed E-state index contributed by atoms with van der Waals surface area (Å²) in [6, 6.07) is 11.0. The van der Waals surface area contributed by atoms with Gasteiger partial charge in [0.25, 0.3) is 0 Å². The van der Waals surface area contributed by atoms with E-state index >= 15 is 0 Å². The predicted octanol–water partition coefficient (Wildman–Crippen LogP) is 1.91. The molecule has 0 aliphatic heterocycles. The first-order chi connectivity index (χ1) is 10.2. The van der Waals surface area contributed by atoms with Crippen LogP contribution in [0.3, 0.4) is 0 Å². The summed E-state index contributed by atoms with van der Waals surface area (Å²) in [4.78, 5) is 20.2. The van der Waals surface area contributed by atoms with Crippen molar-refractivity contribution in [2.75, 3.05) is 6.61 Å². The van der Waals surface area contributed by atoms with Crippen molar-refractivity contribution in [2.24, 2.45) is 0 Å². The molecule has 5 heteroatoms. The van der Waals surface area contributed by atoms with Gasteiger partial charge in [0.15, 0.2) is 0 Å². The summed E-state index contributed by atoms with van der Waals surface area (Å²) in [5.74, 6) is -1.38. The SMILES string of the molecule is CCOC(=O)C(=O)[NH+]=[N-].c1ccc(C2CCCCC2)cc1. The second-order valence-corrected chi connectivity index (χ2v) is 4.91. The first-order valence-corrected chi connectivity index (χ1v) is 7.35. The van der Waals surface area contributed by atoms with Gasteiger partial charge in [-0.2, -0.15) is 0 Å². The number of esters is 1. The Kier molecular flexibility index (Phi) is 7.94. The third kappa shape index (κ3) is 6.29. The highest BCUT2D eigenvalue weighted by Gasteiger charge is 2.16. The Balaban J connectivity index is 0.000000222. The summed E-state index contributed by atoms with van der Waals surface area (Å²) in [7, 11) is 0. The van der Waals surface area contributed by atoms with Crippen LogP contribution in [-0.4, -0.2) is 18.5 Å². The van der Waals surface area contributed by atoms with Gasteiger partial charge in [0.1, 0.15) is 0 Å². The number of nitrogens with one attached hydrogen (secondary N) is 1. The van der Waals surface area contributed by atoms with Gasteiger partial charge in [-0.15, -0.1) is 0 Å². The van der Waals surface area contributed by atoms with Crippen molar-refractivity contribution in [3.05, 3.63) is 41.4 Å². The maximum absolute atomic E-state index is 10.2. The molecule has 1 aliphatic rings. The molecule has 0 atom stereocenters. The zero-order valence-corrected chi connectivity index (χ0v) is 12.4. The van der Waals surface area contributed by atoms with Crippen LogP contribution >= 0.6 is 0 Å². The van der Waals surface area contributed by atoms with E-state index in [1.807, 2.05) is 0 Å². The zero-order chi connectivity index (χ0) is 15.5. The van der Waals surface area contributed by atoms with E-state index in [0.29, 0.717) is 0 Å². The minimum Gasteiger partial charge on any atom is -0.499 e. The molecular weight excluding hydrogens is 268 g/mol. The highest BCUT2D eigenvalue weighted by atomic mass is 16.5. The molecule has 1 saturated carbocycles. The zero-order valence-electron chi connectivity index (χ0n) is 12.4. The van der Waals surface area contributed by atoms with Crippen LogP contribution in [0.25, 0.3) is 5.53 Å². The minimum atomic E-state index is -1.16. The number of rotatable bonds is 2. The summed E-state index contributed by atoms with van der Waals surface area (Å²) in [5.41, 5.74) is 9.38. The molecular formula is C16H22N2O3. The molecule has 0 heterocycles. The van der Waals surface area contributed by atoms with Crippen LogP contribution in [0.5, 0.6) is 0 Å². The largest absolute Gasteiger partial charge is 0.499 e. The molecule has 0 unspecified atom stereocenters. The molecule has 1 N–H and O–H groups in total. The van der Waals surface area contributed by atoms with Crippen LogP contribution in [-0.2, 0) is 14.3 Å². The molecule has 2 rings (SSSR count). The summed E-state index contributed by atoms with van der Waals surface area (Å²) in [5, 5.41) is 1.14. The molecule has 1 amide bonds. The number of ether oxygens (including phenoxy) is 1. The Hall–Kier alpha value is -2.04. The van der Waals surface area contributed by atoms with E-state index in [-0.39, 0.29) is 6.61 Å². The van der Waals surface area contributed by atoms with Gasteiger partial charge in [0, 0.05) is 0 Å². The predicted molar refractivity (Wildman–Crippen MR) is 78.2 cm³/mol.